The van der Waals surface area contributed by atoms with Gasteiger partial charge in [0.25, 0.3) is 0 Å². The van der Waals surface area contributed by atoms with Gasteiger partial charge in [-0.25, -0.2) is 38.9 Å². The van der Waals surface area contributed by atoms with E-state index in [9.17, 15) is 9.59 Å². The van der Waals surface area contributed by atoms with Crippen LogP contribution in [0.4, 0.5) is 0 Å². The quantitative estimate of drug-likeness (QED) is 0.0118. The van der Waals surface area contributed by atoms with E-state index in [1.165, 1.54) is 30.9 Å². The smallest absolute Gasteiger partial charge is 0.331 e. The molecule has 0 aromatic heterocycles. The molecule has 384 valence electrons. The fourth-order valence-corrected chi connectivity index (χ4v) is 6.01. The van der Waals surface area contributed by atoms with Crippen LogP contribution in [0.15, 0.2) is 113 Å². The standard InChI is InChI=1S/C51H66O19/c1-7-25-63-66-37-34-58-45-22-14-40(48(59-32-29-55-11-5)51(45)62-36-39-68-65-27-9-3)15-23-46(52)69-42-17-19-43(20-18-42)70-47(53)24-16-41-13-21-44(57-31-28-54-10-4)50(61-33-30-56-12-6)49(41)60-35-38-67-64-26-8-2/h7-16,21-24,42-43H,1-6,17-20,25-39H2/b23-15+,24-16+. The van der Waals surface area contributed by atoms with Gasteiger partial charge in [0.15, 0.2) is 23.0 Å². The highest BCUT2D eigenvalue weighted by molar-refractivity contribution is 5.89. The van der Waals surface area contributed by atoms with E-state index >= 15 is 0 Å². The van der Waals surface area contributed by atoms with Crippen LogP contribution in [0.2, 0.25) is 0 Å². The Morgan fingerprint density at radius 1 is 0.414 bits per heavy atom. The topological polar surface area (TPSA) is 191 Å². The van der Waals surface area contributed by atoms with Gasteiger partial charge in [-0.05, 0) is 62.1 Å². The van der Waals surface area contributed by atoms with Crippen LogP contribution in [0.1, 0.15) is 36.8 Å². The van der Waals surface area contributed by atoms with E-state index in [0.717, 1.165) is 0 Å². The van der Waals surface area contributed by atoms with E-state index in [4.69, 9.17) is 81.4 Å². The first-order valence-corrected chi connectivity index (χ1v) is 22.5. The number of carbonyl (C=O) groups is 2. The van der Waals surface area contributed by atoms with Crippen LogP contribution < -0.4 is 28.4 Å². The Kier molecular flexibility index (Phi) is 30.6. The van der Waals surface area contributed by atoms with Gasteiger partial charge in [-0.3, -0.25) is 0 Å². The summed E-state index contributed by atoms with van der Waals surface area (Å²) in [6.45, 7) is 23.5. The summed E-state index contributed by atoms with van der Waals surface area (Å²) in [7, 11) is 0. The number of hydrogen-bond acceptors (Lipinski definition) is 19. The van der Waals surface area contributed by atoms with Gasteiger partial charge in [-0.2, -0.15) is 0 Å². The van der Waals surface area contributed by atoms with Gasteiger partial charge < -0.3 is 52.1 Å². The summed E-state index contributed by atoms with van der Waals surface area (Å²) in [6, 6.07) is 6.76. The number of benzene rings is 2. The third-order valence-corrected chi connectivity index (χ3v) is 8.96. The Labute approximate surface area is 409 Å². The summed E-state index contributed by atoms with van der Waals surface area (Å²) < 4.78 is 63.5. The molecule has 2 aromatic carbocycles. The average Bonchev–Trinajstić information content (AvgIpc) is 3.36. The van der Waals surface area contributed by atoms with E-state index in [-0.39, 0.29) is 122 Å². The summed E-state index contributed by atoms with van der Waals surface area (Å²) >= 11 is 0. The van der Waals surface area contributed by atoms with Gasteiger partial charge in [0.1, 0.15) is 111 Å². The molecule has 0 atom stereocenters. The lowest BCUT2D eigenvalue weighted by Gasteiger charge is -2.27. The minimum absolute atomic E-state index is 0.0521. The van der Waals surface area contributed by atoms with Gasteiger partial charge in [0, 0.05) is 23.3 Å². The van der Waals surface area contributed by atoms with Crippen LogP contribution in [-0.2, 0) is 62.6 Å². The molecule has 1 saturated carbocycles. The van der Waals surface area contributed by atoms with Crippen LogP contribution in [-0.4, -0.2) is 123 Å². The maximum atomic E-state index is 13.2. The van der Waals surface area contributed by atoms with Gasteiger partial charge in [0.05, 0.1) is 18.8 Å². The third-order valence-electron chi connectivity index (χ3n) is 8.96. The lowest BCUT2D eigenvalue weighted by molar-refractivity contribution is -0.289. The first-order valence-electron chi connectivity index (χ1n) is 22.5. The Morgan fingerprint density at radius 2 is 0.743 bits per heavy atom. The van der Waals surface area contributed by atoms with Crippen LogP contribution >= 0.6 is 0 Å². The molecule has 0 radical (unpaired) electrons. The molecule has 0 unspecified atom stereocenters. The van der Waals surface area contributed by atoms with Crippen molar-refractivity contribution in [1.29, 1.82) is 0 Å². The van der Waals surface area contributed by atoms with E-state index in [0.29, 0.717) is 48.3 Å². The van der Waals surface area contributed by atoms with Crippen molar-refractivity contribution < 1.29 is 91.0 Å². The highest BCUT2D eigenvalue weighted by atomic mass is 17.2. The van der Waals surface area contributed by atoms with E-state index in [1.807, 2.05) is 0 Å². The minimum atomic E-state index is -0.580. The summed E-state index contributed by atoms with van der Waals surface area (Å²) in [5.41, 5.74) is 0.976. The Balaban J connectivity index is 1.68. The molecular formula is C51H66O19. The third kappa shape index (κ3) is 23.5. The Morgan fingerprint density at radius 3 is 1.10 bits per heavy atom. The van der Waals surface area contributed by atoms with Gasteiger partial charge >= 0.3 is 11.9 Å². The highest BCUT2D eigenvalue weighted by Gasteiger charge is 2.26. The molecule has 1 fully saturated rings. The molecule has 1 aliphatic rings. The molecule has 70 heavy (non-hydrogen) atoms. The molecule has 19 heteroatoms. The van der Waals surface area contributed by atoms with Crippen molar-refractivity contribution in [1.82, 2.24) is 0 Å². The fourth-order valence-electron chi connectivity index (χ4n) is 6.01. The second-order valence-corrected chi connectivity index (χ2v) is 14.0. The SMILES string of the molecule is C=CCOOCCOc1ccc(/C=C/C(=O)OC2CCC(OC(=O)/C=C/c3ccc(OCCOC=C)c(OCCOC=C)c3OCCOOCC=C)CC2)c(OCCOC=C)c1OCCOOCC=C. The number of carbonyl (C=O) groups excluding carboxylic acids is 2. The number of rotatable bonds is 42. The lowest BCUT2D eigenvalue weighted by Crippen LogP contribution is -2.29. The number of esters is 2. The molecule has 0 aliphatic heterocycles. The molecule has 3 rings (SSSR count). The summed E-state index contributed by atoms with van der Waals surface area (Å²) in [5.74, 6) is 0.581. The Bertz CT molecular complexity index is 1940. The first-order chi connectivity index (χ1) is 34.4. The second kappa shape index (κ2) is 37.2. The van der Waals surface area contributed by atoms with E-state index in [2.05, 4.69) is 39.5 Å². The average molecular weight is 983 g/mol. The zero-order valence-corrected chi connectivity index (χ0v) is 39.7. The van der Waals surface area contributed by atoms with Crippen molar-refractivity contribution >= 4 is 24.1 Å². The molecule has 19 nitrogen and oxygen atoms in total. The molecule has 0 saturated heterocycles. The molecule has 2 aromatic rings. The van der Waals surface area contributed by atoms with Crippen molar-refractivity contribution in [3.05, 3.63) is 124 Å². The van der Waals surface area contributed by atoms with Gasteiger partial charge in [-0.1, -0.05) is 38.0 Å². The zero-order valence-electron chi connectivity index (χ0n) is 39.7. The summed E-state index contributed by atoms with van der Waals surface area (Å²) in [4.78, 5) is 56.7. The molecule has 0 heterocycles. The second-order valence-electron chi connectivity index (χ2n) is 14.0. The number of ether oxygens (including phenoxy) is 11. The Hall–Kier alpha value is -6.74. The highest BCUT2D eigenvalue weighted by Crippen LogP contribution is 2.42. The van der Waals surface area contributed by atoms with Crippen molar-refractivity contribution in [3.63, 3.8) is 0 Å². The maximum absolute atomic E-state index is 13.2. The molecular weight excluding hydrogens is 917 g/mol. The largest absolute Gasteiger partial charge is 0.498 e. The van der Waals surface area contributed by atoms with E-state index in [1.54, 1.807) is 54.6 Å². The molecule has 1 aliphatic carbocycles. The number of hydrogen-bond donors (Lipinski definition) is 0. The van der Waals surface area contributed by atoms with Crippen LogP contribution in [0, 0.1) is 0 Å². The zero-order chi connectivity index (χ0) is 50.3. The maximum Gasteiger partial charge on any atom is 0.331 e. The minimum Gasteiger partial charge on any atom is -0.498 e. The molecule has 0 N–H and O–H groups in total. The van der Waals surface area contributed by atoms with Crippen LogP contribution in [0.25, 0.3) is 12.2 Å². The molecule has 0 bridgehead atoms. The predicted molar refractivity (Wildman–Crippen MR) is 257 cm³/mol. The van der Waals surface area contributed by atoms with E-state index < -0.39 is 24.1 Å². The monoisotopic (exact) mass is 982 g/mol. The van der Waals surface area contributed by atoms with Gasteiger partial charge in [-0.15, -0.1) is 19.7 Å². The lowest BCUT2D eigenvalue weighted by atomic mass is 9.95. The fraction of sp³-hybridized carbons (Fsp3) is 0.412. The molecule has 0 amide bonds. The van der Waals surface area contributed by atoms with Gasteiger partial charge in [0.2, 0.25) is 11.5 Å². The molecule has 0 spiro atoms. The van der Waals surface area contributed by atoms with Crippen molar-refractivity contribution in [2.45, 2.75) is 37.9 Å². The predicted octanol–water partition coefficient (Wildman–Crippen LogP) is 7.97. The summed E-state index contributed by atoms with van der Waals surface area (Å²) in [5, 5.41) is 0. The van der Waals surface area contributed by atoms with Crippen LogP contribution in [0.5, 0.6) is 34.5 Å². The summed E-state index contributed by atoms with van der Waals surface area (Å²) in [6.07, 6.45) is 15.3. The first kappa shape index (κ1) is 57.6. The van der Waals surface area contributed by atoms with Crippen molar-refractivity contribution in [2.24, 2.45) is 0 Å². The van der Waals surface area contributed by atoms with Crippen LogP contribution in [0.3, 0.4) is 0 Å². The van der Waals surface area contributed by atoms with Crippen molar-refractivity contribution in [3.8, 4) is 34.5 Å². The van der Waals surface area contributed by atoms with Crippen molar-refractivity contribution in [2.75, 3.05) is 99.1 Å². The normalized spacial score (nSPS) is 14.2.